The first-order valence-corrected chi connectivity index (χ1v) is 15.3. The van der Waals surface area contributed by atoms with Crippen molar-refractivity contribution < 1.29 is 0 Å². The van der Waals surface area contributed by atoms with Crippen molar-refractivity contribution in [2.45, 2.75) is 118 Å². The molecule has 2 unspecified atom stereocenters. The van der Waals surface area contributed by atoms with E-state index in [1.54, 1.807) is 0 Å². The summed E-state index contributed by atoms with van der Waals surface area (Å²) in [4.78, 5) is 0. The van der Waals surface area contributed by atoms with Crippen molar-refractivity contribution >= 4 is 11.4 Å². The molecule has 0 aromatic heterocycles. The number of nitrogens with two attached hydrogens (primary N) is 2. The summed E-state index contributed by atoms with van der Waals surface area (Å²) in [5.74, 6) is 7.16. The van der Waals surface area contributed by atoms with E-state index in [4.69, 9.17) is 11.5 Å². The number of benzene rings is 1. The van der Waals surface area contributed by atoms with Gasteiger partial charge in [-0.2, -0.15) is 0 Å². The minimum absolute atomic E-state index is 0.546. The van der Waals surface area contributed by atoms with Crippen LogP contribution in [0.2, 0.25) is 0 Å². The lowest BCUT2D eigenvalue weighted by Gasteiger charge is -2.61. The highest BCUT2D eigenvalue weighted by Gasteiger charge is 2.60. The minimum atomic E-state index is 0.546. The van der Waals surface area contributed by atoms with Crippen LogP contribution in [-0.2, 0) is 0 Å². The highest BCUT2D eigenvalue weighted by atomic mass is 14.7. The summed E-state index contributed by atoms with van der Waals surface area (Å²) in [5.41, 5.74) is 16.7. The van der Waals surface area contributed by atoms with Crippen molar-refractivity contribution in [2.24, 2.45) is 52.3 Å². The third-order valence-corrected chi connectivity index (χ3v) is 12.4. The maximum atomic E-state index is 6.43. The van der Waals surface area contributed by atoms with Gasteiger partial charge in [0.1, 0.15) is 0 Å². The number of rotatable bonds is 6. The van der Waals surface area contributed by atoms with E-state index in [9.17, 15) is 0 Å². The van der Waals surface area contributed by atoms with Crippen molar-refractivity contribution in [2.75, 3.05) is 11.5 Å². The molecule has 0 spiro atoms. The molecule has 1 aromatic carbocycles. The number of hydrogen-bond donors (Lipinski definition) is 2. The zero-order valence-electron chi connectivity index (χ0n) is 23.5. The Morgan fingerprint density at radius 2 is 1.60 bits per heavy atom. The molecule has 5 rings (SSSR count). The van der Waals surface area contributed by atoms with Crippen LogP contribution in [-0.4, -0.2) is 0 Å². The van der Waals surface area contributed by atoms with E-state index in [1.165, 1.54) is 82.6 Å². The Labute approximate surface area is 216 Å². The van der Waals surface area contributed by atoms with Gasteiger partial charge in [-0.05, 0) is 134 Å². The highest BCUT2D eigenvalue weighted by Crippen LogP contribution is 2.69. The van der Waals surface area contributed by atoms with E-state index in [2.05, 4.69) is 46.8 Å². The third kappa shape index (κ3) is 4.44. The Bertz CT molecular complexity index is 891. The van der Waals surface area contributed by atoms with Crippen LogP contribution in [0.15, 0.2) is 18.2 Å². The first-order chi connectivity index (χ1) is 16.6. The molecular weight excluding hydrogens is 424 g/mol. The van der Waals surface area contributed by atoms with Crippen LogP contribution >= 0.6 is 0 Å². The van der Waals surface area contributed by atoms with Crippen LogP contribution in [0, 0.1) is 52.3 Å². The van der Waals surface area contributed by atoms with Gasteiger partial charge in [-0.15, -0.1) is 0 Å². The number of anilines is 2. The van der Waals surface area contributed by atoms with Crippen LogP contribution in [0.4, 0.5) is 11.4 Å². The second-order valence-electron chi connectivity index (χ2n) is 14.5. The van der Waals surface area contributed by atoms with Crippen LogP contribution in [0.5, 0.6) is 0 Å². The SMILES string of the molecule is CC(C)CCC[C@@H](C)[C@H]1CC[C@H]2[C@@H]3CCC4CC(c5ccc(N)cc5N)CC[C@]4(C)[C@H]3CC[C@]12C. The van der Waals surface area contributed by atoms with Gasteiger partial charge in [0.2, 0.25) is 0 Å². The normalized spacial score (nSPS) is 41.8. The van der Waals surface area contributed by atoms with Gasteiger partial charge >= 0.3 is 0 Å². The molecule has 4 fully saturated rings. The topological polar surface area (TPSA) is 52.0 Å². The lowest BCUT2D eigenvalue weighted by Crippen LogP contribution is -2.53. The predicted molar refractivity (Wildman–Crippen MR) is 151 cm³/mol. The van der Waals surface area contributed by atoms with E-state index in [0.29, 0.717) is 16.7 Å². The van der Waals surface area contributed by atoms with E-state index in [-0.39, 0.29) is 0 Å². The molecule has 9 atom stereocenters. The van der Waals surface area contributed by atoms with Crippen molar-refractivity contribution in [1.82, 2.24) is 0 Å². The lowest BCUT2D eigenvalue weighted by molar-refractivity contribution is -0.117. The van der Waals surface area contributed by atoms with E-state index < -0.39 is 0 Å². The molecule has 0 aliphatic heterocycles. The Morgan fingerprint density at radius 1 is 0.857 bits per heavy atom. The second kappa shape index (κ2) is 9.60. The van der Waals surface area contributed by atoms with E-state index in [0.717, 1.165) is 52.8 Å². The zero-order valence-corrected chi connectivity index (χ0v) is 23.5. The molecule has 196 valence electrons. The van der Waals surface area contributed by atoms with Crippen LogP contribution in [0.1, 0.15) is 123 Å². The average molecular weight is 479 g/mol. The fourth-order valence-electron chi connectivity index (χ4n) is 10.5. The zero-order chi connectivity index (χ0) is 25.0. The summed E-state index contributed by atoms with van der Waals surface area (Å²) in [6.07, 6.45) is 17.3. The predicted octanol–water partition coefficient (Wildman–Crippen LogP) is 9.06. The molecule has 2 nitrogen and oxygen atoms in total. The number of fused-ring (bicyclic) bond motifs is 5. The van der Waals surface area contributed by atoms with Gasteiger partial charge < -0.3 is 11.5 Å². The van der Waals surface area contributed by atoms with E-state index >= 15 is 0 Å². The van der Waals surface area contributed by atoms with Crippen molar-refractivity contribution in [1.29, 1.82) is 0 Å². The molecule has 0 heterocycles. The molecule has 4 aliphatic carbocycles. The molecule has 0 amide bonds. The van der Waals surface area contributed by atoms with Gasteiger partial charge in [0.05, 0.1) is 0 Å². The lowest BCUT2D eigenvalue weighted by atomic mass is 9.43. The monoisotopic (exact) mass is 478 g/mol. The third-order valence-electron chi connectivity index (χ3n) is 12.4. The highest BCUT2D eigenvalue weighted by molar-refractivity contribution is 5.58. The van der Waals surface area contributed by atoms with Gasteiger partial charge in [-0.1, -0.05) is 59.9 Å². The Hall–Kier alpha value is -1.18. The van der Waals surface area contributed by atoms with Gasteiger partial charge in [-0.3, -0.25) is 0 Å². The van der Waals surface area contributed by atoms with Gasteiger partial charge in [-0.25, -0.2) is 0 Å². The van der Waals surface area contributed by atoms with Crippen LogP contribution in [0.25, 0.3) is 0 Å². The van der Waals surface area contributed by atoms with Gasteiger partial charge in [0.15, 0.2) is 0 Å². The molecule has 4 saturated carbocycles. The van der Waals surface area contributed by atoms with Crippen LogP contribution < -0.4 is 11.5 Å². The summed E-state index contributed by atoms with van der Waals surface area (Å²) in [6.45, 7) is 12.8. The standard InChI is InChI=1S/C33H54N2/c1-21(2)7-6-8-22(3)28-13-14-29-27-11-9-24-19-23(26-12-10-25(34)20-31(26)35)15-17-32(24,4)30(27)16-18-33(28,29)5/h10,12,20-24,27-30H,6-9,11,13-19,34-35H2,1-5H3/t22-,23?,24?,27+,28-,29+,30+,32+,33-/m1/s1. The van der Waals surface area contributed by atoms with Gasteiger partial charge in [0, 0.05) is 11.4 Å². The first kappa shape index (κ1) is 25.5. The van der Waals surface area contributed by atoms with Crippen molar-refractivity contribution in [3.05, 3.63) is 23.8 Å². The number of hydrogen-bond acceptors (Lipinski definition) is 2. The average Bonchev–Trinajstić information content (AvgIpc) is 3.16. The smallest absolute Gasteiger partial charge is 0.0370 e. The van der Waals surface area contributed by atoms with Crippen molar-refractivity contribution in [3.8, 4) is 0 Å². The summed E-state index contributed by atoms with van der Waals surface area (Å²) < 4.78 is 0. The summed E-state index contributed by atoms with van der Waals surface area (Å²) in [6, 6.07) is 6.25. The van der Waals surface area contributed by atoms with Crippen molar-refractivity contribution in [3.63, 3.8) is 0 Å². The summed E-state index contributed by atoms with van der Waals surface area (Å²) in [7, 11) is 0. The Morgan fingerprint density at radius 3 is 2.34 bits per heavy atom. The number of nitrogen functional groups attached to an aromatic ring is 2. The molecule has 0 bridgehead atoms. The Kier molecular flexibility index (Phi) is 6.99. The maximum absolute atomic E-state index is 6.43. The minimum Gasteiger partial charge on any atom is -0.399 e. The summed E-state index contributed by atoms with van der Waals surface area (Å²) in [5, 5.41) is 0. The fourth-order valence-corrected chi connectivity index (χ4v) is 10.5. The molecule has 4 aliphatic rings. The molecule has 1 aromatic rings. The van der Waals surface area contributed by atoms with Gasteiger partial charge in [0.25, 0.3) is 0 Å². The Balaban J connectivity index is 1.28. The molecular formula is C33H54N2. The maximum Gasteiger partial charge on any atom is 0.0370 e. The first-order valence-electron chi connectivity index (χ1n) is 15.3. The summed E-state index contributed by atoms with van der Waals surface area (Å²) >= 11 is 0. The molecule has 4 N–H and O–H groups in total. The second-order valence-corrected chi connectivity index (χ2v) is 14.5. The molecule has 2 heteroatoms. The quantitative estimate of drug-likeness (QED) is 0.401. The molecule has 0 radical (unpaired) electrons. The molecule has 35 heavy (non-hydrogen) atoms. The van der Waals surface area contributed by atoms with E-state index in [1.807, 2.05) is 6.07 Å². The van der Waals surface area contributed by atoms with Crippen LogP contribution in [0.3, 0.4) is 0 Å². The fraction of sp³-hybridized carbons (Fsp3) is 0.818. The largest absolute Gasteiger partial charge is 0.399 e. The molecule has 0 saturated heterocycles.